The molecule has 5 nitrogen and oxygen atoms in total. The molecule has 0 aliphatic rings. The molecule has 0 aromatic heterocycles. The molecule has 0 atom stereocenters. The maximum absolute atomic E-state index is 12.9. The molecule has 0 saturated heterocycles. The SMILES string of the molecule is CCOC(=O)Cc1c(OS(=O)(=O)C(F)(F)F)c2ccccc2c2ccccc12. The highest BCUT2D eigenvalue weighted by Crippen LogP contribution is 2.40. The summed E-state index contributed by atoms with van der Waals surface area (Å²) >= 11 is 0. The molecule has 148 valence electrons. The van der Waals surface area contributed by atoms with E-state index in [-0.39, 0.29) is 17.6 Å². The van der Waals surface area contributed by atoms with Gasteiger partial charge in [0.1, 0.15) is 0 Å². The van der Waals surface area contributed by atoms with Gasteiger partial charge in [-0.05, 0) is 23.1 Å². The number of benzene rings is 3. The molecule has 0 saturated carbocycles. The number of hydrogen-bond donors (Lipinski definition) is 0. The largest absolute Gasteiger partial charge is 0.534 e. The van der Waals surface area contributed by atoms with Gasteiger partial charge in [0.25, 0.3) is 0 Å². The number of rotatable bonds is 5. The topological polar surface area (TPSA) is 69.7 Å². The third-order valence-electron chi connectivity index (χ3n) is 4.09. The second kappa shape index (κ2) is 7.31. The van der Waals surface area contributed by atoms with E-state index in [2.05, 4.69) is 4.18 Å². The number of ether oxygens (including phenoxy) is 1. The van der Waals surface area contributed by atoms with Gasteiger partial charge in [-0.1, -0.05) is 48.5 Å². The van der Waals surface area contributed by atoms with E-state index in [1.165, 1.54) is 12.1 Å². The Kier molecular flexibility index (Phi) is 5.20. The minimum Gasteiger partial charge on any atom is -0.466 e. The third-order valence-corrected chi connectivity index (χ3v) is 5.04. The van der Waals surface area contributed by atoms with E-state index in [4.69, 9.17) is 4.74 Å². The van der Waals surface area contributed by atoms with Crippen LogP contribution in [0.3, 0.4) is 0 Å². The minimum absolute atomic E-state index is 0.0144. The highest BCUT2D eigenvalue weighted by molar-refractivity contribution is 7.88. The van der Waals surface area contributed by atoms with Crippen LogP contribution in [0.2, 0.25) is 0 Å². The van der Waals surface area contributed by atoms with Gasteiger partial charge in [-0.25, -0.2) is 0 Å². The Bertz CT molecular complexity index is 1150. The lowest BCUT2D eigenvalue weighted by Crippen LogP contribution is -2.28. The van der Waals surface area contributed by atoms with Crippen molar-refractivity contribution in [1.82, 2.24) is 0 Å². The molecule has 3 aromatic carbocycles. The first-order chi connectivity index (χ1) is 13.2. The quantitative estimate of drug-likeness (QED) is 0.270. The number of esters is 1. The van der Waals surface area contributed by atoms with Crippen molar-refractivity contribution in [3.05, 3.63) is 54.1 Å². The predicted octanol–water partition coefficient (Wildman–Crippen LogP) is 4.33. The van der Waals surface area contributed by atoms with Crippen LogP contribution in [0.5, 0.6) is 5.75 Å². The van der Waals surface area contributed by atoms with Crippen molar-refractivity contribution in [2.45, 2.75) is 18.9 Å². The van der Waals surface area contributed by atoms with Gasteiger partial charge in [-0.15, -0.1) is 0 Å². The van der Waals surface area contributed by atoms with E-state index < -0.39 is 33.8 Å². The average Bonchev–Trinajstić information content (AvgIpc) is 2.63. The zero-order chi connectivity index (χ0) is 20.5. The molecule has 0 bridgehead atoms. The Morgan fingerprint density at radius 3 is 1.96 bits per heavy atom. The molecule has 28 heavy (non-hydrogen) atoms. The van der Waals surface area contributed by atoms with Crippen molar-refractivity contribution in [1.29, 1.82) is 0 Å². The summed E-state index contributed by atoms with van der Waals surface area (Å²) in [5, 5.41) is 1.70. The summed E-state index contributed by atoms with van der Waals surface area (Å²) in [5.41, 5.74) is -5.60. The first-order valence-corrected chi connectivity index (χ1v) is 9.65. The van der Waals surface area contributed by atoms with Crippen LogP contribution < -0.4 is 4.18 Å². The van der Waals surface area contributed by atoms with Crippen LogP contribution in [0.25, 0.3) is 21.5 Å². The number of fused-ring (bicyclic) bond motifs is 3. The summed E-state index contributed by atoms with van der Waals surface area (Å²) in [6.45, 7) is 1.66. The molecule has 9 heteroatoms. The third kappa shape index (κ3) is 3.62. The molecule has 0 fully saturated rings. The predicted molar refractivity (Wildman–Crippen MR) is 97.4 cm³/mol. The van der Waals surface area contributed by atoms with Crippen molar-refractivity contribution < 1.29 is 35.3 Å². The number of carbonyl (C=O) groups is 1. The van der Waals surface area contributed by atoms with E-state index in [1.807, 2.05) is 0 Å². The normalized spacial score (nSPS) is 12.3. The van der Waals surface area contributed by atoms with Gasteiger partial charge in [0.15, 0.2) is 5.75 Å². The average molecular weight is 412 g/mol. The van der Waals surface area contributed by atoms with Crippen LogP contribution in [-0.4, -0.2) is 26.5 Å². The second-order valence-corrected chi connectivity index (χ2v) is 7.40. The summed E-state index contributed by atoms with van der Waals surface area (Å²) in [6, 6.07) is 13.0. The molecule has 0 radical (unpaired) electrons. The molecule has 0 spiro atoms. The van der Waals surface area contributed by atoms with Crippen molar-refractivity contribution in [3.8, 4) is 5.75 Å². The van der Waals surface area contributed by atoms with Gasteiger partial charge in [-0.2, -0.15) is 21.6 Å². The van der Waals surface area contributed by atoms with Gasteiger partial charge in [-0.3, -0.25) is 4.79 Å². The molecule has 0 heterocycles. The Hall–Kier alpha value is -2.81. The highest BCUT2D eigenvalue weighted by Gasteiger charge is 2.49. The van der Waals surface area contributed by atoms with E-state index in [9.17, 15) is 26.4 Å². The maximum Gasteiger partial charge on any atom is 0.534 e. The smallest absolute Gasteiger partial charge is 0.466 e. The van der Waals surface area contributed by atoms with E-state index in [0.717, 1.165) is 0 Å². The van der Waals surface area contributed by atoms with E-state index >= 15 is 0 Å². The Morgan fingerprint density at radius 1 is 0.929 bits per heavy atom. The van der Waals surface area contributed by atoms with Gasteiger partial charge in [0.05, 0.1) is 13.0 Å². The summed E-state index contributed by atoms with van der Waals surface area (Å²) in [4.78, 5) is 12.1. The fourth-order valence-electron chi connectivity index (χ4n) is 2.97. The number of hydrogen-bond acceptors (Lipinski definition) is 5. The molecule has 3 rings (SSSR count). The standard InChI is InChI=1S/C19H15F3O5S/c1-2-26-17(23)11-16-14-9-4-3-7-12(14)13-8-5-6-10-15(13)18(16)27-28(24,25)19(20,21)22/h3-10H,2,11H2,1H3. The van der Waals surface area contributed by atoms with Crippen LogP contribution >= 0.6 is 0 Å². The van der Waals surface area contributed by atoms with Crippen molar-refractivity contribution in [2.24, 2.45) is 0 Å². The fraction of sp³-hybridized carbons (Fsp3) is 0.211. The molecule has 0 aliphatic carbocycles. The molecule has 3 aromatic rings. The summed E-state index contributed by atoms with van der Waals surface area (Å²) in [5.74, 6) is -1.24. The van der Waals surface area contributed by atoms with Gasteiger partial charge < -0.3 is 8.92 Å². The lowest BCUT2D eigenvalue weighted by atomic mass is 9.94. The number of halogens is 3. The molecule has 0 aliphatic heterocycles. The second-order valence-electron chi connectivity index (χ2n) is 5.86. The number of carbonyl (C=O) groups excluding carboxylic acids is 1. The lowest BCUT2D eigenvalue weighted by Gasteiger charge is -2.18. The molecule has 0 unspecified atom stereocenters. The Labute approximate surface area is 158 Å². The lowest BCUT2D eigenvalue weighted by molar-refractivity contribution is -0.142. The first kappa shape index (κ1) is 19.9. The zero-order valence-corrected chi connectivity index (χ0v) is 15.4. The Morgan fingerprint density at radius 2 is 1.43 bits per heavy atom. The van der Waals surface area contributed by atoms with E-state index in [0.29, 0.717) is 16.2 Å². The van der Waals surface area contributed by atoms with Crippen LogP contribution in [0.4, 0.5) is 13.2 Å². The van der Waals surface area contributed by atoms with Crippen molar-refractivity contribution in [2.75, 3.05) is 6.61 Å². The van der Waals surface area contributed by atoms with Crippen molar-refractivity contribution in [3.63, 3.8) is 0 Å². The molecular formula is C19H15F3O5S. The Balaban J connectivity index is 2.36. The highest BCUT2D eigenvalue weighted by atomic mass is 32.2. The van der Waals surface area contributed by atoms with Crippen LogP contribution in [0.15, 0.2) is 48.5 Å². The van der Waals surface area contributed by atoms with Crippen LogP contribution in [-0.2, 0) is 26.1 Å². The first-order valence-electron chi connectivity index (χ1n) is 8.24. The maximum atomic E-state index is 12.9. The zero-order valence-electron chi connectivity index (χ0n) is 14.6. The fourth-order valence-corrected chi connectivity index (χ4v) is 3.47. The van der Waals surface area contributed by atoms with E-state index in [1.54, 1.807) is 43.3 Å². The minimum atomic E-state index is -5.93. The molecule has 0 N–H and O–H groups in total. The van der Waals surface area contributed by atoms with Gasteiger partial charge in [0, 0.05) is 10.9 Å². The summed E-state index contributed by atoms with van der Waals surface area (Å²) < 4.78 is 71.7. The summed E-state index contributed by atoms with van der Waals surface area (Å²) in [6.07, 6.45) is -0.443. The molecule has 0 amide bonds. The molecular weight excluding hydrogens is 397 g/mol. The van der Waals surface area contributed by atoms with Crippen molar-refractivity contribution >= 4 is 37.6 Å². The monoisotopic (exact) mass is 412 g/mol. The van der Waals surface area contributed by atoms with Gasteiger partial charge in [0.2, 0.25) is 0 Å². The van der Waals surface area contributed by atoms with Crippen LogP contribution in [0, 0.1) is 0 Å². The van der Waals surface area contributed by atoms with Crippen LogP contribution in [0.1, 0.15) is 12.5 Å². The summed E-state index contributed by atoms with van der Waals surface area (Å²) in [7, 11) is -5.93. The van der Waals surface area contributed by atoms with Gasteiger partial charge >= 0.3 is 21.6 Å². The number of alkyl halides is 3.